The molecule has 3 heterocycles. The van der Waals surface area contributed by atoms with Crippen LogP contribution in [-0.4, -0.2) is 40.8 Å². The maximum atomic E-state index is 12.8. The first-order valence-electron chi connectivity index (χ1n) is 8.38. The lowest BCUT2D eigenvalue weighted by Crippen LogP contribution is -2.42. The summed E-state index contributed by atoms with van der Waals surface area (Å²) < 4.78 is 18.1. The third kappa shape index (κ3) is 2.84. The summed E-state index contributed by atoms with van der Waals surface area (Å²) in [5, 5.41) is 0. The molecular weight excluding hydrogens is 322 g/mol. The summed E-state index contributed by atoms with van der Waals surface area (Å²) in [7, 11) is 1.67. The van der Waals surface area contributed by atoms with Crippen LogP contribution in [0.25, 0.3) is 0 Å². The van der Waals surface area contributed by atoms with Crippen molar-refractivity contribution in [3.63, 3.8) is 0 Å². The van der Waals surface area contributed by atoms with E-state index in [0.717, 1.165) is 29.4 Å². The van der Waals surface area contributed by atoms with Gasteiger partial charge in [0.15, 0.2) is 11.5 Å². The van der Waals surface area contributed by atoms with Gasteiger partial charge in [-0.2, -0.15) is 0 Å². The van der Waals surface area contributed by atoms with Crippen LogP contribution in [-0.2, 0) is 29.1 Å². The van der Waals surface area contributed by atoms with Crippen molar-refractivity contribution in [1.29, 1.82) is 0 Å². The van der Waals surface area contributed by atoms with Crippen LogP contribution in [0.5, 0.6) is 11.5 Å². The fraction of sp³-hybridized carbons (Fsp3) is 0.444. The lowest BCUT2D eigenvalue weighted by Gasteiger charge is -2.34. The van der Waals surface area contributed by atoms with Crippen LogP contribution in [0.2, 0.25) is 0 Å². The molecule has 25 heavy (non-hydrogen) atoms. The largest absolute Gasteiger partial charge is 0.454 e. The van der Waals surface area contributed by atoms with E-state index in [9.17, 15) is 4.79 Å². The van der Waals surface area contributed by atoms with E-state index in [1.165, 1.54) is 0 Å². The second-order valence-electron chi connectivity index (χ2n) is 6.32. The van der Waals surface area contributed by atoms with E-state index in [4.69, 9.17) is 14.2 Å². The summed E-state index contributed by atoms with van der Waals surface area (Å²) in [6.45, 7) is 4.20. The first-order valence-corrected chi connectivity index (χ1v) is 8.38. The van der Waals surface area contributed by atoms with E-state index >= 15 is 0 Å². The molecule has 1 amide bonds. The molecular formula is C18H21N3O4. The van der Waals surface area contributed by atoms with Gasteiger partial charge >= 0.3 is 0 Å². The van der Waals surface area contributed by atoms with E-state index in [1.54, 1.807) is 7.11 Å². The number of aromatic nitrogens is 2. The fourth-order valence-electron chi connectivity index (χ4n) is 3.49. The van der Waals surface area contributed by atoms with Crippen molar-refractivity contribution in [3.8, 4) is 11.5 Å². The molecule has 0 N–H and O–H groups in total. The molecule has 0 spiro atoms. The van der Waals surface area contributed by atoms with Gasteiger partial charge in [0.1, 0.15) is 5.82 Å². The molecule has 0 fully saturated rings. The predicted octanol–water partition coefficient (Wildman–Crippen LogP) is 1.90. The van der Waals surface area contributed by atoms with Crippen molar-refractivity contribution in [2.45, 2.75) is 32.5 Å². The average molecular weight is 343 g/mol. The minimum atomic E-state index is -0.0548. The highest BCUT2D eigenvalue weighted by molar-refractivity contribution is 5.79. The van der Waals surface area contributed by atoms with Crippen LogP contribution in [0.4, 0.5) is 0 Å². The number of fused-ring (bicyclic) bond motifs is 2. The molecule has 7 heteroatoms. The van der Waals surface area contributed by atoms with Gasteiger partial charge in [0.05, 0.1) is 31.0 Å². The molecule has 0 saturated heterocycles. The molecule has 2 aliphatic rings. The molecule has 1 aromatic heterocycles. The van der Waals surface area contributed by atoms with Crippen LogP contribution in [0.1, 0.15) is 30.0 Å². The zero-order valence-electron chi connectivity index (χ0n) is 14.4. The van der Waals surface area contributed by atoms with E-state index in [2.05, 4.69) is 9.55 Å². The molecule has 0 unspecified atom stereocenters. The average Bonchev–Trinajstić information content (AvgIpc) is 3.22. The maximum Gasteiger partial charge on any atom is 0.231 e. The molecule has 0 radical (unpaired) electrons. The van der Waals surface area contributed by atoms with Gasteiger partial charge in [-0.15, -0.1) is 0 Å². The third-order valence-electron chi connectivity index (χ3n) is 4.78. The Labute approximate surface area is 146 Å². The minimum Gasteiger partial charge on any atom is -0.454 e. The summed E-state index contributed by atoms with van der Waals surface area (Å²) >= 11 is 0. The standard InChI is InChI=1S/C18H21N3O4/c1-12-18-19-9-14(10-23-2)21(18)6-5-20(12)17(22)8-13-3-4-15-16(7-13)25-11-24-15/h3-4,7,9,12H,5-6,8,10-11H2,1-2H3/t12-/m0/s1. The molecule has 1 atom stereocenters. The van der Waals surface area contributed by atoms with Crippen LogP contribution in [0, 0.1) is 0 Å². The predicted molar refractivity (Wildman–Crippen MR) is 89.3 cm³/mol. The van der Waals surface area contributed by atoms with Crippen molar-refractivity contribution >= 4 is 5.91 Å². The molecule has 0 saturated carbocycles. The lowest BCUT2D eigenvalue weighted by atomic mass is 10.1. The van der Waals surface area contributed by atoms with Crippen LogP contribution >= 0.6 is 0 Å². The Kier molecular flexibility index (Phi) is 4.09. The minimum absolute atomic E-state index is 0.0548. The Morgan fingerprint density at radius 3 is 3.00 bits per heavy atom. The molecule has 132 valence electrons. The van der Waals surface area contributed by atoms with E-state index < -0.39 is 0 Å². The number of benzene rings is 1. The zero-order valence-corrected chi connectivity index (χ0v) is 14.4. The quantitative estimate of drug-likeness (QED) is 0.848. The second-order valence-corrected chi connectivity index (χ2v) is 6.32. The Bertz CT molecular complexity index is 802. The van der Waals surface area contributed by atoms with Crippen molar-refractivity contribution in [2.24, 2.45) is 0 Å². The van der Waals surface area contributed by atoms with Crippen molar-refractivity contribution in [2.75, 3.05) is 20.4 Å². The van der Waals surface area contributed by atoms with Crippen molar-refractivity contribution in [1.82, 2.24) is 14.5 Å². The van der Waals surface area contributed by atoms with Gasteiger partial charge in [-0.3, -0.25) is 4.79 Å². The molecule has 0 aliphatic carbocycles. The number of carbonyl (C=O) groups excluding carboxylic acids is 1. The molecule has 1 aromatic carbocycles. The lowest BCUT2D eigenvalue weighted by molar-refractivity contribution is -0.133. The Morgan fingerprint density at radius 2 is 2.16 bits per heavy atom. The summed E-state index contributed by atoms with van der Waals surface area (Å²) in [5.74, 6) is 2.44. The van der Waals surface area contributed by atoms with Crippen molar-refractivity contribution < 1.29 is 19.0 Å². The van der Waals surface area contributed by atoms with Gasteiger partial charge in [0, 0.05) is 20.2 Å². The normalized spacial score (nSPS) is 18.3. The summed E-state index contributed by atoms with van der Waals surface area (Å²) in [4.78, 5) is 19.2. The SMILES string of the molecule is COCc1cnc2n1CCN(C(=O)Cc1ccc3c(c1)OCO3)[C@H]2C. The number of imidazole rings is 1. The summed E-state index contributed by atoms with van der Waals surface area (Å²) in [6, 6.07) is 5.60. The van der Waals surface area contributed by atoms with Gasteiger partial charge in [-0.1, -0.05) is 6.07 Å². The molecule has 0 bridgehead atoms. The Morgan fingerprint density at radius 1 is 1.32 bits per heavy atom. The first kappa shape index (κ1) is 16.0. The number of methoxy groups -OCH3 is 1. The number of carbonyl (C=O) groups is 1. The smallest absolute Gasteiger partial charge is 0.231 e. The molecule has 2 aromatic rings. The number of ether oxygens (including phenoxy) is 3. The highest BCUT2D eigenvalue weighted by Gasteiger charge is 2.30. The van der Waals surface area contributed by atoms with Gasteiger partial charge in [0.2, 0.25) is 12.7 Å². The van der Waals surface area contributed by atoms with Crippen LogP contribution in [0.3, 0.4) is 0 Å². The van der Waals surface area contributed by atoms with E-state index in [-0.39, 0.29) is 18.7 Å². The van der Waals surface area contributed by atoms with Gasteiger partial charge in [-0.25, -0.2) is 4.98 Å². The monoisotopic (exact) mass is 343 g/mol. The zero-order chi connectivity index (χ0) is 17.4. The fourth-order valence-corrected chi connectivity index (χ4v) is 3.49. The van der Waals surface area contributed by atoms with Gasteiger partial charge in [0.25, 0.3) is 0 Å². The van der Waals surface area contributed by atoms with Crippen LogP contribution < -0.4 is 9.47 Å². The topological polar surface area (TPSA) is 65.8 Å². The van der Waals surface area contributed by atoms with E-state index in [1.807, 2.05) is 36.2 Å². The van der Waals surface area contributed by atoms with Crippen LogP contribution in [0.15, 0.2) is 24.4 Å². The molecule has 7 nitrogen and oxygen atoms in total. The Hall–Kier alpha value is -2.54. The molecule has 2 aliphatic heterocycles. The third-order valence-corrected chi connectivity index (χ3v) is 4.78. The first-order chi connectivity index (χ1) is 12.2. The number of rotatable bonds is 4. The maximum absolute atomic E-state index is 12.8. The Balaban J connectivity index is 1.49. The summed E-state index contributed by atoms with van der Waals surface area (Å²) in [6.07, 6.45) is 2.17. The summed E-state index contributed by atoms with van der Waals surface area (Å²) in [5.41, 5.74) is 1.97. The number of hydrogen-bond acceptors (Lipinski definition) is 5. The number of amides is 1. The number of nitrogens with zero attached hydrogens (tertiary/aromatic N) is 3. The highest BCUT2D eigenvalue weighted by atomic mass is 16.7. The van der Waals surface area contributed by atoms with E-state index in [0.29, 0.717) is 25.3 Å². The second kappa shape index (κ2) is 6.40. The highest BCUT2D eigenvalue weighted by Crippen LogP contribution is 2.33. The van der Waals surface area contributed by atoms with Gasteiger partial charge in [-0.05, 0) is 24.6 Å². The number of hydrogen-bond donors (Lipinski definition) is 0. The molecule has 4 rings (SSSR count). The van der Waals surface area contributed by atoms with Crippen molar-refractivity contribution in [3.05, 3.63) is 41.5 Å². The van der Waals surface area contributed by atoms with Gasteiger partial charge < -0.3 is 23.7 Å².